The van der Waals surface area contributed by atoms with Crippen LogP contribution in [0, 0.1) is 6.92 Å². The van der Waals surface area contributed by atoms with Crippen molar-refractivity contribution in [1.82, 2.24) is 0 Å². The molecule has 2 aromatic rings. The molecule has 0 radical (unpaired) electrons. The van der Waals surface area contributed by atoms with Gasteiger partial charge in [-0.1, -0.05) is 42.0 Å². The van der Waals surface area contributed by atoms with Gasteiger partial charge in [-0.3, -0.25) is 0 Å². The Morgan fingerprint density at radius 3 is 2.68 bits per heavy atom. The van der Waals surface area contributed by atoms with Crippen molar-refractivity contribution in [2.24, 2.45) is 0 Å². The quantitative estimate of drug-likeness (QED) is 0.676. The Labute approximate surface area is 115 Å². The molecule has 1 aromatic heterocycles. The van der Waals surface area contributed by atoms with Crippen LogP contribution in [-0.4, -0.2) is 0 Å². The maximum Gasteiger partial charge on any atom is 0.116 e. The third-order valence-corrected chi connectivity index (χ3v) is 3.79. The fraction of sp³-hybridized carbons (Fsp3) is 0.333. The average Bonchev–Trinajstić information content (AvgIpc) is 2.82. The lowest BCUT2D eigenvalue weighted by Gasteiger charge is -2.12. The summed E-state index contributed by atoms with van der Waals surface area (Å²) >= 11 is 0. The van der Waals surface area contributed by atoms with Crippen LogP contribution in [0.5, 0.6) is 0 Å². The highest BCUT2D eigenvalue weighted by Crippen LogP contribution is 2.30. The standard InChI is InChI=1S/C18H20O/c1-14-12-17(16-10-6-3-7-11-16)18(19-14)13-15-8-4-2-5-9-15/h3,6-8,10-12H,2,4-5,9,13H2,1H3. The van der Waals surface area contributed by atoms with Crippen LogP contribution < -0.4 is 0 Å². The minimum absolute atomic E-state index is 0.970. The zero-order chi connectivity index (χ0) is 13.1. The predicted octanol–water partition coefficient (Wildman–Crippen LogP) is 5.30. The summed E-state index contributed by atoms with van der Waals surface area (Å²) in [4.78, 5) is 0. The van der Waals surface area contributed by atoms with Crippen LogP contribution in [0.4, 0.5) is 0 Å². The first-order valence-electron chi connectivity index (χ1n) is 7.15. The molecule has 0 aliphatic heterocycles. The zero-order valence-electron chi connectivity index (χ0n) is 11.5. The van der Waals surface area contributed by atoms with E-state index in [0.717, 1.165) is 17.9 Å². The molecule has 1 aliphatic carbocycles. The molecular formula is C18H20O. The van der Waals surface area contributed by atoms with Gasteiger partial charge in [-0.2, -0.15) is 0 Å². The molecule has 0 saturated heterocycles. The van der Waals surface area contributed by atoms with E-state index in [9.17, 15) is 0 Å². The van der Waals surface area contributed by atoms with E-state index in [2.05, 4.69) is 42.5 Å². The summed E-state index contributed by atoms with van der Waals surface area (Å²) in [6.07, 6.45) is 8.50. The summed E-state index contributed by atoms with van der Waals surface area (Å²) in [6.45, 7) is 2.03. The Morgan fingerprint density at radius 1 is 1.11 bits per heavy atom. The highest BCUT2D eigenvalue weighted by atomic mass is 16.3. The molecule has 98 valence electrons. The molecule has 0 fully saturated rings. The molecule has 0 saturated carbocycles. The van der Waals surface area contributed by atoms with Crippen LogP contribution in [0.2, 0.25) is 0 Å². The molecular weight excluding hydrogens is 232 g/mol. The largest absolute Gasteiger partial charge is 0.465 e. The minimum Gasteiger partial charge on any atom is -0.465 e. The molecule has 0 unspecified atom stereocenters. The van der Waals surface area contributed by atoms with Gasteiger partial charge in [0.1, 0.15) is 11.5 Å². The van der Waals surface area contributed by atoms with Crippen LogP contribution in [0.15, 0.2) is 52.5 Å². The van der Waals surface area contributed by atoms with Crippen molar-refractivity contribution in [3.63, 3.8) is 0 Å². The average molecular weight is 252 g/mol. The van der Waals surface area contributed by atoms with Crippen molar-refractivity contribution >= 4 is 0 Å². The molecule has 3 rings (SSSR count). The summed E-state index contributed by atoms with van der Waals surface area (Å²) in [5, 5.41) is 0. The zero-order valence-corrected chi connectivity index (χ0v) is 11.5. The fourth-order valence-corrected chi connectivity index (χ4v) is 2.83. The molecule has 1 heterocycles. The summed E-state index contributed by atoms with van der Waals surface area (Å²) in [7, 11) is 0. The van der Waals surface area contributed by atoms with Gasteiger partial charge < -0.3 is 4.42 Å². The monoisotopic (exact) mass is 252 g/mol. The lowest BCUT2D eigenvalue weighted by Crippen LogP contribution is -1.96. The van der Waals surface area contributed by atoms with Gasteiger partial charge in [0, 0.05) is 12.0 Å². The molecule has 1 aromatic carbocycles. The van der Waals surface area contributed by atoms with E-state index < -0.39 is 0 Å². The van der Waals surface area contributed by atoms with E-state index in [-0.39, 0.29) is 0 Å². The summed E-state index contributed by atoms with van der Waals surface area (Å²) < 4.78 is 5.93. The number of hydrogen-bond acceptors (Lipinski definition) is 1. The van der Waals surface area contributed by atoms with Crippen LogP contribution in [0.25, 0.3) is 11.1 Å². The van der Waals surface area contributed by atoms with E-state index in [1.54, 1.807) is 0 Å². The van der Waals surface area contributed by atoms with Crippen LogP contribution >= 0.6 is 0 Å². The molecule has 0 atom stereocenters. The van der Waals surface area contributed by atoms with Crippen LogP contribution in [0.1, 0.15) is 37.2 Å². The van der Waals surface area contributed by atoms with Crippen LogP contribution in [0.3, 0.4) is 0 Å². The van der Waals surface area contributed by atoms with Gasteiger partial charge in [0.15, 0.2) is 0 Å². The summed E-state index contributed by atoms with van der Waals surface area (Å²) in [5.74, 6) is 2.13. The van der Waals surface area contributed by atoms with Crippen molar-refractivity contribution in [1.29, 1.82) is 0 Å². The second-order valence-electron chi connectivity index (χ2n) is 5.34. The molecule has 0 spiro atoms. The summed E-state index contributed by atoms with van der Waals surface area (Å²) in [5.41, 5.74) is 4.05. The van der Waals surface area contributed by atoms with Gasteiger partial charge in [-0.15, -0.1) is 0 Å². The topological polar surface area (TPSA) is 13.1 Å². The lowest BCUT2D eigenvalue weighted by molar-refractivity contribution is 0.488. The number of benzene rings is 1. The van der Waals surface area contributed by atoms with Gasteiger partial charge in [0.25, 0.3) is 0 Å². The molecule has 0 bridgehead atoms. The van der Waals surface area contributed by atoms with E-state index in [4.69, 9.17) is 4.42 Å². The molecule has 0 N–H and O–H groups in total. The van der Waals surface area contributed by atoms with E-state index in [1.807, 2.05) is 6.92 Å². The normalized spacial score (nSPS) is 15.3. The Hall–Kier alpha value is -1.76. The van der Waals surface area contributed by atoms with Crippen molar-refractivity contribution in [3.05, 3.63) is 59.6 Å². The minimum atomic E-state index is 0.970. The maximum atomic E-state index is 5.93. The lowest BCUT2D eigenvalue weighted by atomic mass is 9.94. The second-order valence-corrected chi connectivity index (χ2v) is 5.34. The van der Waals surface area contributed by atoms with Gasteiger partial charge in [-0.25, -0.2) is 0 Å². The molecule has 1 nitrogen and oxygen atoms in total. The Morgan fingerprint density at radius 2 is 1.95 bits per heavy atom. The smallest absolute Gasteiger partial charge is 0.116 e. The molecule has 1 aliphatic rings. The van der Waals surface area contributed by atoms with Gasteiger partial charge >= 0.3 is 0 Å². The maximum absolute atomic E-state index is 5.93. The Bertz CT molecular complexity index is 575. The third-order valence-electron chi connectivity index (χ3n) is 3.79. The van der Waals surface area contributed by atoms with E-state index in [0.29, 0.717) is 0 Å². The van der Waals surface area contributed by atoms with Crippen molar-refractivity contribution in [2.75, 3.05) is 0 Å². The Balaban J connectivity index is 1.91. The highest BCUT2D eigenvalue weighted by molar-refractivity contribution is 5.66. The van der Waals surface area contributed by atoms with Gasteiger partial charge in [0.05, 0.1) is 0 Å². The number of aryl methyl sites for hydroxylation is 1. The van der Waals surface area contributed by atoms with E-state index in [1.165, 1.54) is 42.4 Å². The van der Waals surface area contributed by atoms with Crippen LogP contribution in [-0.2, 0) is 6.42 Å². The first-order chi connectivity index (χ1) is 9.33. The van der Waals surface area contributed by atoms with Gasteiger partial charge in [0.2, 0.25) is 0 Å². The first-order valence-corrected chi connectivity index (χ1v) is 7.15. The number of hydrogen-bond donors (Lipinski definition) is 0. The van der Waals surface area contributed by atoms with Gasteiger partial charge in [-0.05, 0) is 44.2 Å². The van der Waals surface area contributed by atoms with Crippen molar-refractivity contribution in [3.8, 4) is 11.1 Å². The second kappa shape index (κ2) is 5.48. The number of rotatable bonds is 3. The molecule has 19 heavy (non-hydrogen) atoms. The summed E-state index contributed by atoms with van der Waals surface area (Å²) in [6, 6.07) is 12.7. The van der Waals surface area contributed by atoms with E-state index >= 15 is 0 Å². The third kappa shape index (κ3) is 2.81. The first kappa shape index (κ1) is 12.3. The SMILES string of the molecule is Cc1cc(-c2ccccc2)c(CC2=CCCCC2)o1. The molecule has 0 amide bonds. The number of allylic oxidation sites excluding steroid dienone is 2. The number of furan rings is 1. The van der Waals surface area contributed by atoms with Crippen molar-refractivity contribution < 1.29 is 4.42 Å². The highest BCUT2D eigenvalue weighted by Gasteiger charge is 2.13. The van der Waals surface area contributed by atoms with Crippen molar-refractivity contribution in [2.45, 2.75) is 39.0 Å². The Kier molecular flexibility index (Phi) is 3.54. The fourth-order valence-electron chi connectivity index (χ4n) is 2.83. The predicted molar refractivity (Wildman–Crippen MR) is 79.1 cm³/mol. The molecule has 1 heteroatoms.